The van der Waals surface area contributed by atoms with Crippen molar-refractivity contribution in [2.24, 2.45) is 5.73 Å². The number of hydrogen-bond donors (Lipinski definition) is 1. The molecule has 2 N–H and O–H groups in total. The molecular formula is C14H13ClFNO2S. The molecule has 0 radical (unpaired) electrons. The van der Waals surface area contributed by atoms with Gasteiger partial charge in [0.05, 0.1) is 4.90 Å². The molecule has 0 saturated carbocycles. The predicted molar refractivity (Wildman–Crippen MR) is 76.8 cm³/mol. The Balaban J connectivity index is 2.51. The van der Waals surface area contributed by atoms with Gasteiger partial charge in [0.1, 0.15) is 11.1 Å². The second kappa shape index (κ2) is 5.91. The zero-order valence-electron chi connectivity index (χ0n) is 10.5. The minimum absolute atomic E-state index is 0.0225. The number of rotatable bonds is 4. The summed E-state index contributed by atoms with van der Waals surface area (Å²) in [5, 5.41) is -0.615. The Bertz CT molecular complexity index is 701. The number of nitrogens with two attached hydrogens (primary N) is 1. The Morgan fingerprint density at radius 3 is 2.25 bits per heavy atom. The highest BCUT2D eigenvalue weighted by atomic mass is 35.5. The van der Waals surface area contributed by atoms with Gasteiger partial charge in [0.25, 0.3) is 0 Å². The lowest BCUT2D eigenvalue weighted by atomic mass is 10.1. The van der Waals surface area contributed by atoms with Crippen molar-refractivity contribution in [2.45, 2.75) is 10.1 Å². The van der Waals surface area contributed by atoms with Crippen molar-refractivity contribution in [2.75, 3.05) is 6.54 Å². The minimum atomic E-state index is -3.72. The van der Waals surface area contributed by atoms with E-state index in [4.69, 9.17) is 17.3 Å². The molecule has 20 heavy (non-hydrogen) atoms. The molecule has 6 heteroatoms. The van der Waals surface area contributed by atoms with Gasteiger partial charge in [0, 0.05) is 11.6 Å². The van der Waals surface area contributed by atoms with Gasteiger partial charge < -0.3 is 5.73 Å². The molecule has 0 bridgehead atoms. The van der Waals surface area contributed by atoms with Crippen molar-refractivity contribution in [1.82, 2.24) is 0 Å². The van der Waals surface area contributed by atoms with Crippen LogP contribution in [-0.4, -0.2) is 15.0 Å². The van der Waals surface area contributed by atoms with Gasteiger partial charge in [0.15, 0.2) is 9.84 Å². The molecule has 3 nitrogen and oxygen atoms in total. The maximum Gasteiger partial charge on any atom is 0.186 e. The van der Waals surface area contributed by atoms with Gasteiger partial charge in [-0.15, -0.1) is 0 Å². The highest BCUT2D eigenvalue weighted by Gasteiger charge is 2.29. The van der Waals surface area contributed by atoms with Crippen LogP contribution in [0.3, 0.4) is 0 Å². The van der Waals surface area contributed by atoms with Gasteiger partial charge in [-0.25, -0.2) is 12.8 Å². The van der Waals surface area contributed by atoms with E-state index in [0.717, 1.165) is 12.1 Å². The van der Waals surface area contributed by atoms with E-state index < -0.39 is 20.9 Å². The summed E-state index contributed by atoms with van der Waals surface area (Å²) in [5.74, 6) is -0.494. The van der Waals surface area contributed by atoms with Gasteiger partial charge in [-0.2, -0.15) is 0 Å². The van der Waals surface area contributed by atoms with Crippen LogP contribution in [0.15, 0.2) is 53.4 Å². The molecule has 0 aliphatic rings. The van der Waals surface area contributed by atoms with E-state index in [1.807, 2.05) is 0 Å². The summed E-state index contributed by atoms with van der Waals surface area (Å²) in [6, 6.07) is 11.3. The minimum Gasteiger partial charge on any atom is -0.329 e. The Labute approximate surface area is 122 Å². The van der Waals surface area contributed by atoms with Crippen molar-refractivity contribution in [3.8, 4) is 0 Å². The van der Waals surface area contributed by atoms with Crippen LogP contribution in [0, 0.1) is 5.82 Å². The SMILES string of the molecule is NC[C@H](c1ccccc1Cl)S(=O)(=O)c1ccc(F)cc1. The summed E-state index contributed by atoms with van der Waals surface area (Å²) in [5.41, 5.74) is 6.06. The molecule has 2 aromatic carbocycles. The smallest absolute Gasteiger partial charge is 0.186 e. The third-order valence-corrected chi connectivity index (χ3v) is 5.45. The van der Waals surface area contributed by atoms with Crippen LogP contribution in [0.2, 0.25) is 5.02 Å². The maximum absolute atomic E-state index is 12.9. The van der Waals surface area contributed by atoms with Crippen molar-refractivity contribution in [3.05, 3.63) is 64.9 Å². The molecule has 2 aromatic rings. The van der Waals surface area contributed by atoms with Crippen molar-refractivity contribution in [3.63, 3.8) is 0 Å². The second-order valence-electron chi connectivity index (χ2n) is 4.24. The summed E-state index contributed by atoms with van der Waals surface area (Å²) in [4.78, 5) is 0.0225. The monoisotopic (exact) mass is 313 g/mol. The molecule has 0 aromatic heterocycles. The van der Waals surface area contributed by atoms with Crippen molar-refractivity contribution in [1.29, 1.82) is 0 Å². The largest absolute Gasteiger partial charge is 0.329 e. The van der Waals surface area contributed by atoms with Gasteiger partial charge in [-0.05, 0) is 35.9 Å². The molecule has 0 saturated heterocycles. The van der Waals surface area contributed by atoms with Crippen LogP contribution in [0.1, 0.15) is 10.8 Å². The first-order valence-corrected chi connectivity index (χ1v) is 7.83. The average Bonchev–Trinajstić information content (AvgIpc) is 2.42. The summed E-state index contributed by atoms with van der Waals surface area (Å²) in [6.45, 7) is -0.108. The van der Waals surface area contributed by atoms with Crippen LogP contribution in [0.4, 0.5) is 4.39 Å². The molecule has 0 amide bonds. The number of benzene rings is 2. The van der Waals surface area contributed by atoms with Crippen molar-refractivity contribution >= 4 is 21.4 Å². The number of hydrogen-bond acceptors (Lipinski definition) is 3. The molecule has 0 heterocycles. The fourth-order valence-corrected chi connectivity index (χ4v) is 3.91. The second-order valence-corrected chi connectivity index (χ2v) is 6.78. The van der Waals surface area contributed by atoms with Crippen LogP contribution in [0.5, 0.6) is 0 Å². The van der Waals surface area contributed by atoms with Crippen LogP contribution >= 0.6 is 11.6 Å². The van der Waals surface area contributed by atoms with Gasteiger partial charge >= 0.3 is 0 Å². The summed E-state index contributed by atoms with van der Waals surface area (Å²) < 4.78 is 38.0. The van der Waals surface area contributed by atoms with Crippen LogP contribution < -0.4 is 5.73 Å². The lowest BCUT2D eigenvalue weighted by molar-refractivity contribution is 0.581. The summed E-state index contributed by atoms with van der Waals surface area (Å²) in [7, 11) is -3.72. The lowest BCUT2D eigenvalue weighted by Crippen LogP contribution is -2.22. The molecular weight excluding hydrogens is 301 g/mol. The Morgan fingerprint density at radius 2 is 1.70 bits per heavy atom. The van der Waals surface area contributed by atoms with Crippen LogP contribution in [-0.2, 0) is 9.84 Å². The predicted octanol–water partition coefficient (Wildman–Crippen LogP) is 2.95. The van der Waals surface area contributed by atoms with Crippen molar-refractivity contribution < 1.29 is 12.8 Å². The van der Waals surface area contributed by atoms with E-state index in [0.29, 0.717) is 10.6 Å². The average molecular weight is 314 g/mol. The van der Waals surface area contributed by atoms with E-state index in [-0.39, 0.29) is 11.4 Å². The quantitative estimate of drug-likeness (QED) is 0.883. The molecule has 106 valence electrons. The fraction of sp³-hybridized carbons (Fsp3) is 0.143. The summed E-state index contributed by atoms with van der Waals surface area (Å²) in [6.07, 6.45) is 0. The fourth-order valence-electron chi connectivity index (χ4n) is 1.95. The Hall–Kier alpha value is -1.43. The van der Waals surface area contributed by atoms with Gasteiger partial charge in [-0.1, -0.05) is 29.8 Å². The zero-order chi connectivity index (χ0) is 14.8. The number of sulfone groups is 1. The molecule has 0 aliphatic carbocycles. The molecule has 0 aliphatic heterocycles. The molecule has 1 atom stereocenters. The molecule has 0 spiro atoms. The number of halogens is 2. The van der Waals surface area contributed by atoms with E-state index in [1.165, 1.54) is 12.1 Å². The third-order valence-electron chi connectivity index (χ3n) is 2.98. The zero-order valence-corrected chi connectivity index (χ0v) is 12.0. The van der Waals surface area contributed by atoms with E-state index in [1.54, 1.807) is 24.3 Å². The first kappa shape index (κ1) is 15.0. The first-order chi connectivity index (χ1) is 9.46. The maximum atomic E-state index is 12.9. The van der Waals surface area contributed by atoms with E-state index in [9.17, 15) is 12.8 Å². The van der Waals surface area contributed by atoms with Gasteiger partial charge in [0.2, 0.25) is 0 Å². The van der Waals surface area contributed by atoms with E-state index in [2.05, 4.69) is 0 Å². The topological polar surface area (TPSA) is 60.2 Å². The summed E-state index contributed by atoms with van der Waals surface area (Å²) >= 11 is 6.04. The Morgan fingerprint density at radius 1 is 1.10 bits per heavy atom. The molecule has 0 fully saturated rings. The highest BCUT2D eigenvalue weighted by molar-refractivity contribution is 7.91. The molecule has 0 unspecified atom stereocenters. The standard InChI is InChI=1S/C14H13ClFNO2S/c15-13-4-2-1-3-12(13)14(9-17)20(18,19)11-7-5-10(16)6-8-11/h1-8,14H,9,17H2/t14-/m1/s1. The van der Waals surface area contributed by atoms with Crippen LogP contribution in [0.25, 0.3) is 0 Å². The Kier molecular flexibility index (Phi) is 4.42. The first-order valence-electron chi connectivity index (χ1n) is 5.91. The lowest BCUT2D eigenvalue weighted by Gasteiger charge is -2.17. The van der Waals surface area contributed by atoms with Gasteiger partial charge in [-0.3, -0.25) is 0 Å². The highest BCUT2D eigenvalue weighted by Crippen LogP contribution is 2.32. The third kappa shape index (κ3) is 2.85. The normalized spacial score (nSPS) is 13.2. The molecule has 2 rings (SSSR count). The van der Waals surface area contributed by atoms with E-state index >= 15 is 0 Å².